The van der Waals surface area contributed by atoms with Crippen LogP contribution in [0.4, 0.5) is 10.6 Å². The van der Waals surface area contributed by atoms with E-state index < -0.39 is 11.7 Å². The fraction of sp³-hybridized carbons (Fsp3) is 0.417. The first-order valence-electron chi connectivity index (χ1n) is 5.54. The molecule has 0 spiro atoms. The van der Waals surface area contributed by atoms with Crippen molar-refractivity contribution in [3.8, 4) is 0 Å². The van der Waals surface area contributed by atoms with Gasteiger partial charge in [0.25, 0.3) is 0 Å². The van der Waals surface area contributed by atoms with Gasteiger partial charge >= 0.3 is 6.09 Å². The van der Waals surface area contributed by atoms with Crippen LogP contribution < -0.4 is 10.6 Å². The minimum absolute atomic E-state index is 0.161. The van der Waals surface area contributed by atoms with E-state index in [0.29, 0.717) is 5.82 Å². The molecule has 0 aromatic carbocycles. The molecule has 1 aromatic heterocycles. The van der Waals surface area contributed by atoms with Crippen molar-refractivity contribution in [3.05, 3.63) is 24.4 Å². The highest BCUT2D eigenvalue weighted by Crippen LogP contribution is 2.06. The summed E-state index contributed by atoms with van der Waals surface area (Å²) in [5, 5.41) is 4.90. The summed E-state index contributed by atoms with van der Waals surface area (Å²) < 4.78 is 4.99. The third kappa shape index (κ3) is 5.83. The van der Waals surface area contributed by atoms with E-state index in [1.54, 1.807) is 45.2 Å². The van der Waals surface area contributed by atoms with Gasteiger partial charge in [0.1, 0.15) is 18.0 Å². The van der Waals surface area contributed by atoms with Crippen LogP contribution in [0.1, 0.15) is 20.8 Å². The molecule has 0 saturated heterocycles. The first-order chi connectivity index (χ1) is 8.37. The van der Waals surface area contributed by atoms with Crippen molar-refractivity contribution >= 4 is 17.8 Å². The third-order valence-electron chi connectivity index (χ3n) is 1.72. The van der Waals surface area contributed by atoms with E-state index in [1.807, 2.05) is 0 Å². The molecule has 6 nitrogen and oxygen atoms in total. The Bertz CT molecular complexity index is 412. The zero-order valence-corrected chi connectivity index (χ0v) is 10.7. The Kier molecular flexibility index (Phi) is 4.65. The lowest BCUT2D eigenvalue weighted by Gasteiger charge is -2.19. The van der Waals surface area contributed by atoms with Crippen molar-refractivity contribution < 1.29 is 14.3 Å². The number of nitrogens with zero attached hydrogens (tertiary/aromatic N) is 1. The van der Waals surface area contributed by atoms with Gasteiger partial charge in [-0.3, -0.25) is 4.79 Å². The van der Waals surface area contributed by atoms with Gasteiger partial charge in [-0.25, -0.2) is 9.78 Å². The van der Waals surface area contributed by atoms with E-state index in [4.69, 9.17) is 4.74 Å². The molecular weight excluding hydrogens is 234 g/mol. The van der Waals surface area contributed by atoms with Gasteiger partial charge in [-0.15, -0.1) is 0 Å². The van der Waals surface area contributed by atoms with Crippen molar-refractivity contribution in [2.24, 2.45) is 0 Å². The predicted molar refractivity (Wildman–Crippen MR) is 67.1 cm³/mol. The summed E-state index contributed by atoms with van der Waals surface area (Å²) in [4.78, 5) is 26.7. The number of aromatic nitrogens is 1. The van der Waals surface area contributed by atoms with Crippen molar-refractivity contribution in [3.63, 3.8) is 0 Å². The number of nitrogens with one attached hydrogen (secondary N) is 2. The number of hydrogen-bond donors (Lipinski definition) is 2. The number of carbonyl (C=O) groups is 2. The molecule has 1 rings (SSSR count). The van der Waals surface area contributed by atoms with Gasteiger partial charge in [-0.05, 0) is 32.9 Å². The van der Waals surface area contributed by atoms with Crippen LogP contribution in [0.5, 0.6) is 0 Å². The van der Waals surface area contributed by atoms with Crippen LogP contribution in [0.3, 0.4) is 0 Å². The molecular formula is C12H17N3O3. The Labute approximate surface area is 106 Å². The van der Waals surface area contributed by atoms with Gasteiger partial charge in [0.2, 0.25) is 5.91 Å². The maximum absolute atomic E-state index is 11.5. The number of pyridine rings is 1. The molecule has 2 amide bonds. The SMILES string of the molecule is CC(C)(C)OC(=O)NCC(=O)Nc1ccccn1. The average molecular weight is 251 g/mol. The molecule has 1 heterocycles. The lowest BCUT2D eigenvalue weighted by molar-refractivity contribution is -0.115. The second-order valence-electron chi connectivity index (χ2n) is 4.62. The zero-order valence-electron chi connectivity index (χ0n) is 10.7. The number of ether oxygens (including phenoxy) is 1. The number of rotatable bonds is 3. The fourth-order valence-corrected chi connectivity index (χ4v) is 1.09. The first kappa shape index (κ1) is 14.0. The molecule has 18 heavy (non-hydrogen) atoms. The van der Waals surface area contributed by atoms with Crippen LogP contribution in [-0.4, -0.2) is 29.1 Å². The van der Waals surface area contributed by atoms with E-state index in [1.165, 1.54) is 0 Å². The second kappa shape index (κ2) is 6.00. The first-order valence-corrected chi connectivity index (χ1v) is 5.54. The van der Waals surface area contributed by atoms with Crippen LogP contribution in [0.25, 0.3) is 0 Å². The summed E-state index contributed by atoms with van der Waals surface area (Å²) in [6.45, 7) is 5.09. The van der Waals surface area contributed by atoms with E-state index in [9.17, 15) is 9.59 Å². The normalized spacial score (nSPS) is 10.6. The standard InChI is InChI=1S/C12H17N3O3/c1-12(2,3)18-11(17)14-8-10(16)15-9-6-4-5-7-13-9/h4-7H,8H2,1-3H3,(H,14,17)(H,13,15,16). The summed E-state index contributed by atoms with van der Waals surface area (Å²) >= 11 is 0. The summed E-state index contributed by atoms with van der Waals surface area (Å²) in [5.41, 5.74) is -0.582. The van der Waals surface area contributed by atoms with E-state index in [-0.39, 0.29) is 12.5 Å². The summed E-state index contributed by atoms with van der Waals surface area (Å²) in [7, 11) is 0. The molecule has 6 heteroatoms. The average Bonchev–Trinajstić information content (AvgIpc) is 2.25. The largest absolute Gasteiger partial charge is 0.444 e. The zero-order chi connectivity index (χ0) is 13.6. The molecule has 0 atom stereocenters. The van der Waals surface area contributed by atoms with Crippen LogP contribution in [0.15, 0.2) is 24.4 Å². The molecule has 0 saturated carbocycles. The Morgan fingerprint density at radius 1 is 1.33 bits per heavy atom. The highest BCUT2D eigenvalue weighted by molar-refractivity contribution is 5.92. The van der Waals surface area contributed by atoms with Gasteiger partial charge in [0.15, 0.2) is 0 Å². The predicted octanol–water partition coefficient (Wildman–Crippen LogP) is 1.54. The van der Waals surface area contributed by atoms with Gasteiger partial charge in [0, 0.05) is 6.20 Å². The maximum atomic E-state index is 11.5. The van der Waals surface area contributed by atoms with E-state index >= 15 is 0 Å². The quantitative estimate of drug-likeness (QED) is 0.854. The van der Waals surface area contributed by atoms with Crippen molar-refractivity contribution in [1.29, 1.82) is 0 Å². The summed E-state index contributed by atoms with van der Waals surface area (Å²) in [6.07, 6.45) is 0.940. The number of carbonyl (C=O) groups excluding carboxylic acids is 2. The smallest absolute Gasteiger partial charge is 0.408 e. The number of alkyl carbamates (subject to hydrolysis) is 1. The summed E-state index contributed by atoms with van der Waals surface area (Å²) in [5.74, 6) is 0.0769. The Morgan fingerprint density at radius 2 is 2.06 bits per heavy atom. The monoisotopic (exact) mass is 251 g/mol. The molecule has 0 radical (unpaired) electrons. The minimum Gasteiger partial charge on any atom is -0.444 e. The van der Waals surface area contributed by atoms with Crippen LogP contribution in [-0.2, 0) is 9.53 Å². The molecule has 2 N–H and O–H groups in total. The topological polar surface area (TPSA) is 80.3 Å². The Morgan fingerprint density at radius 3 is 2.61 bits per heavy atom. The van der Waals surface area contributed by atoms with Crippen LogP contribution >= 0.6 is 0 Å². The van der Waals surface area contributed by atoms with Gasteiger partial charge in [0.05, 0.1) is 0 Å². The highest BCUT2D eigenvalue weighted by Gasteiger charge is 2.16. The van der Waals surface area contributed by atoms with Gasteiger partial charge in [-0.1, -0.05) is 6.07 Å². The molecule has 1 aromatic rings. The van der Waals surface area contributed by atoms with Crippen molar-refractivity contribution in [2.75, 3.05) is 11.9 Å². The van der Waals surface area contributed by atoms with Crippen LogP contribution in [0.2, 0.25) is 0 Å². The highest BCUT2D eigenvalue weighted by atomic mass is 16.6. The summed E-state index contributed by atoms with van der Waals surface area (Å²) in [6, 6.07) is 5.16. The number of hydrogen-bond acceptors (Lipinski definition) is 4. The molecule has 0 aliphatic heterocycles. The Hall–Kier alpha value is -2.11. The lowest BCUT2D eigenvalue weighted by Crippen LogP contribution is -2.37. The number of amides is 2. The lowest BCUT2D eigenvalue weighted by atomic mass is 10.2. The third-order valence-corrected chi connectivity index (χ3v) is 1.72. The molecule has 0 bridgehead atoms. The molecule has 0 unspecified atom stereocenters. The van der Waals surface area contributed by atoms with Crippen molar-refractivity contribution in [1.82, 2.24) is 10.3 Å². The fourth-order valence-electron chi connectivity index (χ4n) is 1.09. The molecule has 0 aliphatic carbocycles. The Balaban J connectivity index is 2.32. The van der Waals surface area contributed by atoms with Crippen molar-refractivity contribution in [2.45, 2.75) is 26.4 Å². The molecule has 98 valence electrons. The van der Waals surface area contributed by atoms with Gasteiger partial charge < -0.3 is 15.4 Å². The van der Waals surface area contributed by atoms with Gasteiger partial charge in [-0.2, -0.15) is 0 Å². The van der Waals surface area contributed by atoms with E-state index in [0.717, 1.165) is 0 Å². The van der Waals surface area contributed by atoms with E-state index in [2.05, 4.69) is 15.6 Å². The second-order valence-corrected chi connectivity index (χ2v) is 4.62. The minimum atomic E-state index is -0.626. The van der Waals surface area contributed by atoms with Crippen LogP contribution in [0, 0.1) is 0 Å². The number of anilines is 1. The molecule has 0 aliphatic rings. The maximum Gasteiger partial charge on any atom is 0.408 e. The molecule has 0 fully saturated rings.